The lowest BCUT2D eigenvalue weighted by Gasteiger charge is -2.13. The van der Waals surface area contributed by atoms with E-state index in [-0.39, 0.29) is 13.0 Å². The Bertz CT molecular complexity index is 569. The number of carbonyl (C=O) groups excluding carboxylic acids is 1. The van der Waals surface area contributed by atoms with Crippen molar-refractivity contribution in [2.24, 2.45) is 5.92 Å². The van der Waals surface area contributed by atoms with Crippen LogP contribution in [0.3, 0.4) is 0 Å². The van der Waals surface area contributed by atoms with Crippen LogP contribution in [0, 0.1) is 5.92 Å². The third-order valence-electron chi connectivity index (χ3n) is 7.41. The molecule has 1 unspecified atom stereocenters. The molecule has 0 saturated carbocycles. The summed E-state index contributed by atoms with van der Waals surface area (Å²) in [4.78, 5) is 23.0. The van der Waals surface area contributed by atoms with Crippen LogP contribution >= 0.6 is 0 Å². The Morgan fingerprint density at radius 3 is 1.45 bits per heavy atom. The van der Waals surface area contributed by atoms with Gasteiger partial charge < -0.3 is 9.84 Å². The first-order valence-corrected chi connectivity index (χ1v) is 16.3. The van der Waals surface area contributed by atoms with Crippen LogP contribution in [0.4, 0.5) is 0 Å². The Morgan fingerprint density at radius 2 is 1.05 bits per heavy atom. The van der Waals surface area contributed by atoms with E-state index in [1.807, 2.05) is 0 Å². The van der Waals surface area contributed by atoms with E-state index >= 15 is 0 Å². The molecule has 0 heterocycles. The highest BCUT2D eigenvalue weighted by molar-refractivity contribution is 5.79. The second-order valence-corrected chi connectivity index (χ2v) is 11.1. The molecule has 0 rings (SSSR count). The molecule has 0 spiro atoms. The largest absolute Gasteiger partial charge is 0.481 e. The zero-order chi connectivity index (χ0) is 27.9. The van der Waals surface area contributed by atoms with Gasteiger partial charge in [-0.1, -0.05) is 154 Å². The van der Waals surface area contributed by atoms with Crippen molar-refractivity contribution >= 4 is 11.9 Å². The highest BCUT2D eigenvalue weighted by Crippen LogP contribution is 2.18. The standard InChI is InChI=1S/C34H62O4/c1-3-5-6-7-8-9-10-11-12-13-14-15-16-17-18-19-20-21-22-23-24-25-26-27-28-29-32(31-33(35)36)34(37)38-30-4-2/h4,21-22,32H,2-3,5-20,23-31H2,1H3,(H,35,36)/b22-21+. The molecule has 0 bridgehead atoms. The van der Waals surface area contributed by atoms with Crippen molar-refractivity contribution in [3.63, 3.8) is 0 Å². The minimum Gasteiger partial charge on any atom is -0.481 e. The maximum Gasteiger partial charge on any atom is 0.309 e. The van der Waals surface area contributed by atoms with Gasteiger partial charge >= 0.3 is 11.9 Å². The van der Waals surface area contributed by atoms with E-state index < -0.39 is 17.9 Å². The lowest BCUT2D eigenvalue weighted by Crippen LogP contribution is -2.21. The summed E-state index contributed by atoms with van der Waals surface area (Å²) < 4.78 is 5.03. The fraction of sp³-hybridized carbons (Fsp3) is 0.824. The Kier molecular flexibility index (Phi) is 28.7. The van der Waals surface area contributed by atoms with Gasteiger partial charge in [-0.15, -0.1) is 0 Å². The molecule has 0 radical (unpaired) electrons. The maximum atomic E-state index is 12.0. The number of carbonyl (C=O) groups is 2. The number of aliphatic carboxylic acids is 1. The van der Waals surface area contributed by atoms with E-state index in [9.17, 15) is 9.59 Å². The zero-order valence-corrected chi connectivity index (χ0v) is 25.1. The maximum absolute atomic E-state index is 12.0. The molecule has 0 aromatic heterocycles. The van der Waals surface area contributed by atoms with Crippen molar-refractivity contribution < 1.29 is 19.4 Å². The number of hydrogen-bond acceptors (Lipinski definition) is 3. The molecule has 0 amide bonds. The monoisotopic (exact) mass is 534 g/mol. The number of carboxylic acids is 1. The van der Waals surface area contributed by atoms with Gasteiger partial charge in [0, 0.05) is 0 Å². The number of esters is 1. The molecule has 0 aliphatic rings. The molecule has 1 atom stereocenters. The number of unbranched alkanes of at least 4 members (excludes halogenated alkanes) is 21. The van der Waals surface area contributed by atoms with Crippen LogP contribution in [0.2, 0.25) is 0 Å². The van der Waals surface area contributed by atoms with Crippen LogP contribution in [0.25, 0.3) is 0 Å². The van der Waals surface area contributed by atoms with Gasteiger partial charge in [-0.25, -0.2) is 0 Å². The highest BCUT2D eigenvalue weighted by Gasteiger charge is 2.22. The molecule has 0 aromatic rings. The highest BCUT2D eigenvalue weighted by atomic mass is 16.5. The van der Waals surface area contributed by atoms with Crippen molar-refractivity contribution in [1.82, 2.24) is 0 Å². The second kappa shape index (κ2) is 30.0. The van der Waals surface area contributed by atoms with E-state index in [0.29, 0.717) is 6.42 Å². The van der Waals surface area contributed by atoms with Crippen LogP contribution in [0.1, 0.15) is 167 Å². The minimum atomic E-state index is -0.947. The SMILES string of the molecule is C=CCOC(=O)C(CCCCCCC/C=C/CCCCCCCCCCCCCCCCCC)CC(=O)O. The summed E-state index contributed by atoms with van der Waals surface area (Å²) in [6.45, 7) is 5.95. The Balaban J connectivity index is 3.39. The summed E-state index contributed by atoms with van der Waals surface area (Å²) in [5, 5.41) is 9.02. The molecule has 38 heavy (non-hydrogen) atoms. The molecular weight excluding hydrogens is 472 g/mol. The summed E-state index contributed by atoms with van der Waals surface area (Å²) in [5.41, 5.74) is 0. The first-order chi connectivity index (χ1) is 18.6. The molecule has 4 nitrogen and oxygen atoms in total. The van der Waals surface area contributed by atoms with Crippen LogP contribution < -0.4 is 0 Å². The number of ether oxygens (including phenoxy) is 1. The van der Waals surface area contributed by atoms with Crippen molar-refractivity contribution in [3.8, 4) is 0 Å². The average Bonchev–Trinajstić information content (AvgIpc) is 2.90. The van der Waals surface area contributed by atoms with Crippen LogP contribution in [0.5, 0.6) is 0 Å². The van der Waals surface area contributed by atoms with Crippen molar-refractivity contribution in [3.05, 3.63) is 24.8 Å². The summed E-state index contributed by atoms with van der Waals surface area (Å²) in [7, 11) is 0. The fourth-order valence-electron chi connectivity index (χ4n) is 5.00. The van der Waals surface area contributed by atoms with Gasteiger partial charge in [-0.3, -0.25) is 9.59 Å². The van der Waals surface area contributed by atoms with Crippen molar-refractivity contribution in [2.45, 2.75) is 167 Å². The third-order valence-corrected chi connectivity index (χ3v) is 7.41. The molecular formula is C34H62O4. The van der Waals surface area contributed by atoms with Gasteiger partial charge in [-0.05, 0) is 32.1 Å². The Hall–Kier alpha value is -1.58. The van der Waals surface area contributed by atoms with E-state index in [2.05, 4.69) is 25.7 Å². The zero-order valence-electron chi connectivity index (χ0n) is 25.1. The topological polar surface area (TPSA) is 63.6 Å². The molecule has 4 heteroatoms. The summed E-state index contributed by atoms with van der Waals surface area (Å²) >= 11 is 0. The summed E-state index contributed by atoms with van der Waals surface area (Å²) in [6, 6.07) is 0. The van der Waals surface area contributed by atoms with Crippen LogP contribution in [0.15, 0.2) is 24.8 Å². The van der Waals surface area contributed by atoms with Gasteiger partial charge in [-0.2, -0.15) is 0 Å². The van der Waals surface area contributed by atoms with Gasteiger partial charge in [0.15, 0.2) is 0 Å². The van der Waals surface area contributed by atoms with E-state index in [1.165, 1.54) is 128 Å². The first-order valence-electron chi connectivity index (χ1n) is 16.3. The Morgan fingerprint density at radius 1 is 0.658 bits per heavy atom. The predicted octanol–water partition coefficient (Wildman–Crippen LogP) is 10.7. The minimum absolute atomic E-state index is 0.141. The van der Waals surface area contributed by atoms with Crippen molar-refractivity contribution in [1.29, 1.82) is 0 Å². The smallest absolute Gasteiger partial charge is 0.309 e. The van der Waals surface area contributed by atoms with Crippen LogP contribution in [-0.4, -0.2) is 23.7 Å². The van der Waals surface area contributed by atoms with E-state index in [0.717, 1.165) is 25.7 Å². The summed E-state index contributed by atoms with van der Waals surface area (Å²) in [6.07, 6.45) is 37.1. The molecule has 0 aromatic carbocycles. The van der Waals surface area contributed by atoms with Gasteiger partial charge in [0.25, 0.3) is 0 Å². The molecule has 0 aliphatic heterocycles. The second-order valence-electron chi connectivity index (χ2n) is 11.1. The van der Waals surface area contributed by atoms with E-state index in [4.69, 9.17) is 9.84 Å². The first kappa shape index (κ1) is 36.4. The predicted molar refractivity (Wildman–Crippen MR) is 163 cm³/mol. The number of allylic oxidation sites excluding steroid dienone is 2. The van der Waals surface area contributed by atoms with Gasteiger partial charge in [0.1, 0.15) is 6.61 Å². The summed E-state index contributed by atoms with van der Waals surface area (Å²) in [5.74, 6) is -1.90. The lowest BCUT2D eigenvalue weighted by atomic mass is 9.97. The molecule has 222 valence electrons. The lowest BCUT2D eigenvalue weighted by molar-refractivity contribution is -0.152. The van der Waals surface area contributed by atoms with Gasteiger partial charge in [0.05, 0.1) is 12.3 Å². The quantitative estimate of drug-likeness (QED) is 0.0565. The van der Waals surface area contributed by atoms with Crippen LogP contribution in [-0.2, 0) is 14.3 Å². The van der Waals surface area contributed by atoms with E-state index in [1.54, 1.807) is 0 Å². The van der Waals surface area contributed by atoms with Gasteiger partial charge in [0.2, 0.25) is 0 Å². The van der Waals surface area contributed by atoms with Crippen molar-refractivity contribution in [2.75, 3.05) is 6.61 Å². The number of carboxylic acid groups (broad SMARTS) is 1. The molecule has 1 N–H and O–H groups in total. The normalized spacial score (nSPS) is 12.1. The molecule has 0 saturated heterocycles. The fourth-order valence-corrected chi connectivity index (χ4v) is 5.00. The third kappa shape index (κ3) is 27.5. The molecule has 0 aliphatic carbocycles. The molecule has 0 fully saturated rings. The average molecular weight is 535 g/mol. The number of rotatable bonds is 30. The Labute approximate surface area is 236 Å². The number of hydrogen-bond donors (Lipinski definition) is 1.